The molecule has 6 aliphatic rings. The largest absolute Gasteiger partial charge is 0.469 e. The summed E-state index contributed by atoms with van der Waals surface area (Å²) in [5, 5.41) is 0. The lowest BCUT2D eigenvalue weighted by atomic mass is 9.42. The third-order valence-electron chi connectivity index (χ3n) is 13.5. The quantitative estimate of drug-likeness (QED) is 0.180. The lowest BCUT2D eigenvalue weighted by molar-refractivity contribution is -0.665. The van der Waals surface area contributed by atoms with E-state index in [2.05, 4.69) is 20.8 Å². The normalized spacial score (nSPS) is 42.1. The molecule has 45 heavy (non-hydrogen) atoms. The van der Waals surface area contributed by atoms with E-state index in [0.717, 1.165) is 57.8 Å². The zero-order valence-corrected chi connectivity index (χ0v) is 28.1. The van der Waals surface area contributed by atoms with Crippen molar-refractivity contribution in [2.45, 2.75) is 148 Å². The van der Waals surface area contributed by atoms with Gasteiger partial charge in [0.1, 0.15) is 12.2 Å². The Labute approximate surface area is 267 Å². The third kappa shape index (κ3) is 5.84. The van der Waals surface area contributed by atoms with Gasteiger partial charge in [0.15, 0.2) is 0 Å². The monoisotopic (exact) mass is 634 g/mol. The third-order valence-corrected chi connectivity index (χ3v) is 13.5. The molecule has 0 aromatic heterocycles. The van der Waals surface area contributed by atoms with Crippen molar-refractivity contribution in [1.29, 1.82) is 0 Å². The zero-order valence-electron chi connectivity index (χ0n) is 28.1. The van der Waals surface area contributed by atoms with E-state index in [0.29, 0.717) is 32.1 Å². The van der Waals surface area contributed by atoms with E-state index in [1.54, 1.807) is 0 Å². The van der Waals surface area contributed by atoms with E-state index in [4.69, 9.17) is 33.8 Å². The first-order chi connectivity index (χ1) is 21.3. The molecule has 0 N–H and O–H groups in total. The van der Waals surface area contributed by atoms with Crippen molar-refractivity contribution in [1.82, 2.24) is 0 Å². The van der Waals surface area contributed by atoms with Gasteiger partial charge in [-0.1, -0.05) is 27.2 Å². The predicted octanol–water partition coefficient (Wildman–Crippen LogP) is 6.58. The van der Waals surface area contributed by atoms with Gasteiger partial charge in [0.25, 0.3) is 0 Å². The molecule has 1 heterocycles. The Morgan fingerprint density at radius 3 is 2.13 bits per heavy atom. The molecule has 0 aromatic rings. The summed E-state index contributed by atoms with van der Waals surface area (Å²) in [6.07, 6.45) is 10.7. The standard InChI is InChI=1S/C35H54O10/c1-21(10-13-30(38)39-6)25-11-12-26-31-27(19-29(33(25,26)5)41-23(3)37)32(4)16-17-35(20-24(32)18-28(31)40-22(2)36)44-42-34(43-45-35)14-8-7-9-15-34/h21,24-29,31H,7-20H2,1-6H3/t21?,24-,25?,26+,27+,28-,29+,31+,32+,33-/m1/s1. The van der Waals surface area contributed by atoms with Crippen molar-refractivity contribution < 1.29 is 48.1 Å². The molecule has 6 fully saturated rings. The van der Waals surface area contributed by atoms with Gasteiger partial charge in [-0.2, -0.15) is 19.6 Å². The van der Waals surface area contributed by atoms with Crippen molar-refractivity contribution in [2.24, 2.45) is 46.3 Å². The summed E-state index contributed by atoms with van der Waals surface area (Å²) in [6.45, 7) is 9.89. The molecule has 1 aliphatic heterocycles. The van der Waals surface area contributed by atoms with Gasteiger partial charge in [0.05, 0.1) is 7.11 Å². The van der Waals surface area contributed by atoms with Crippen LogP contribution in [-0.4, -0.2) is 48.8 Å². The van der Waals surface area contributed by atoms with Crippen molar-refractivity contribution in [3.8, 4) is 0 Å². The van der Waals surface area contributed by atoms with Crippen molar-refractivity contribution in [3.05, 3.63) is 0 Å². The molecule has 0 aromatic carbocycles. The van der Waals surface area contributed by atoms with Crippen LogP contribution >= 0.6 is 0 Å². The Balaban J connectivity index is 1.28. The number of fused-ring (bicyclic) bond motifs is 5. The van der Waals surface area contributed by atoms with Crippen LogP contribution in [0.15, 0.2) is 0 Å². The predicted molar refractivity (Wildman–Crippen MR) is 160 cm³/mol. The van der Waals surface area contributed by atoms with Crippen LogP contribution in [0.5, 0.6) is 0 Å². The number of hydrogen-bond donors (Lipinski definition) is 0. The molecule has 10 nitrogen and oxygen atoms in total. The molecule has 6 rings (SSSR count). The van der Waals surface area contributed by atoms with Crippen LogP contribution in [0.1, 0.15) is 125 Å². The minimum atomic E-state index is -0.994. The van der Waals surface area contributed by atoms with Gasteiger partial charge in [-0.05, 0) is 86.4 Å². The molecule has 10 atom stereocenters. The first kappa shape index (κ1) is 33.2. The van der Waals surface area contributed by atoms with Gasteiger partial charge in [0.2, 0.25) is 11.6 Å². The zero-order chi connectivity index (χ0) is 32.2. The van der Waals surface area contributed by atoms with E-state index in [1.807, 2.05) is 0 Å². The van der Waals surface area contributed by atoms with Crippen LogP contribution in [0.4, 0.5) is 0 Å². The minimum absolute atomic E-state index is 0.104. The second kappa shape index (κ2) is 12.4. The summed E-state index contributed by atoms with van der Waals surface area (Å²) >= 11 is 0. The van der Waals surface area contributed by atoms with E-state index < -0.39 is 11.6 Å². The van der Waals surface area contributed by atoms with E-state index in [9.17, 15) is 14.4 Å². The average molecular weight is 635 g/mol. The highest BCUT2D eigenvalue weighted by atomic mass is 17.4. The molecule has 5 saturated carbocycles. The fourth-order valence-corrected chi connectivity index (χ4v) is 11.1. The number of ether oxygens (including phenoxy) is 3. The maximum atomic E-state index is 12.6. The maximum absolute atomic E-state index is 12.6. The Bertz CT molecular complexity index is 1120. The van der Waals surface area contributed by atoms with Crippen LogP contribution in [-0.2, 0) is 48.1 Å². The number of methoxy groups -OCH3 is 1. The number of carbonyl (C=O) groups excluding carboxylic acids is 3. The summed E-state index contributed by atoms with van der Waals surface area (Å²) in [5.74, 6) is -1.37. The number of hydrogen-bond acceptors (Lipinski definition) is 10. The molecule has 0 radical (unpaired) electrons. The van der Waals surface area contributed by atoms with Crippen molar-refractivity contribution >= 4 is 17.9 Å². The fourth-order valence-electron chi connectivity index (χ4n) is 11.1. The SMILES string of the molecule is COC(=O)CCC(C)C1CC[C@H]2[C@@H]3[C@H](OC(C)=O)C[C@@H]4CC5(CC[C@]4(C)[C@H]3C[C@H](OC(C)=O)[C@]12C)OOC1(CCCCC1)OO5. The molecule has 0 bridgehead atoms. The smallest absolute Gasteiger partial charge is 0.305 e. The van der Waals surface area contributed by atoms with Gasteiger partial charge in [0, 0.05) is 57.3 Å². The molecule has 5 aliphatic carbocycles. The van der Waals surface area contributed by atoms with Crippen LogP contribution in [0.2, 0.25) is 0 Å². The second-order valence-electron chi connectivity index (χ2n) is 15.8. The summed E-state index contributed by atoms with van der Waals surface area (Å²) in [7, 11) is 1.43. The van der Waals surface area contributed by atoms with Gasteiger partial charge in [-0.3, -0.25) is 14.4 Å². The highest BCUT2D eigenvalue weighted by Crippen LogP contribution is 2.70. The minimum Gasteiger partial charge on any atom is -0.469 e. The summed E-state index contributed by atoms with van der Waals surface area (Å²) in [6, 6.07) is 0. The first-order valence-corrected chi connectivity index (χ1v) is 17.5. The fraction of sp³-hybridized carbons (Fsp3) is 0.914. The second-order valence-corrected chi connectivity index (χ2v) is 15.8. The Hall–Kier alpha value is -1.75. The van der Waals surface area contributed by atoms with Crippen LogP contribution in [0.25, 0.3) is 0 Å². The highest BCUT2D eigenvalue weighted by molar-refractivity contribution is 5.69. The first-order valence-electron chi connectivity index (χ1n) is 17.5. The van der Waals surface area contributed by atoms with Crippen LogP contribution in [0.3, 0.4) is 0 Å². The van der Waals surface area contributed by atoms with E-state index in [-0.39, 0.29) is 76.5 Å². The van der Waals surface area contributed by atoms with Crippen LogP contribution < -0.4 is 0 Å². The summed E-state index contributed by atoms with van der Waals surface area (Å²) < 4.78 is 17.4. The Morgan fingerprint density at radius 2 is 1.49 bits per heavy atom. The molecule has 1 saturated heterocycles. The van der Waals surface area contributed by atoms with E-state index >= 15 is 0 Å². The number of rotatable bonds is 6. The van der Waals surface area contributed by atoms with E-state index in [1.165, 1.54) is 21.0 Å². The average Bonchev–Trinajstić information content (AvgIpc) is 3.37. The topological polar surface area (TPSA) is 116 Å². The summed E-state index contributed by atoms with van der Waals surface area (Å²) in [5.41, 5.74) is -0.404. The Kier molecular flexibility index (Phi) is 9.11. The summed E-state index contributed by atoms with van der Waals surface area (Å²) in [4.78, 5) is 61.5. The van der Waals surface area contributed by atoms with Gasteiger partial charge in [-0.25, -0.2) is 0 Å². The van der Waals surface area contributed by atoms with Gasteiger partial charge >= 0.3 is 17.9 Å². The van der Waals surface area contributed by atoms with Crippen molar-refractivity contribution in [2.75, 3.05) is 7.11 Å². The number of carbonyl (C=O) groups is 3. The molecular weight excluding hydrogens is 580 g/mol. The molecule has 2 spiro atoms. The molecular formula is C35H54O10. The highest BCUT2D eigenvalue weighted by Gasteiger charge is 2.69. The molecule has 2 unspecified atom stereocenters. The Morgan fingerprint density at radius 1 is 0.822 bits per heavy atom. The molecule has 254 valence electrons. The number of esters is 3. The lowest BCUT2D eigenvalue weighted by Crippen LogP contribution is -2.65. The molecule has 0 amide bonds. The van der Waals surface area contributed by atoms with Gasteiger partial charge in [-0.15, -0.1) is 0 Å². The lowest BCUT2D eigenvalue weighted by Gasteiger charge is -2.65. The van der Waals surface area contributed by atoms with Crippen LogP contribution in [0, 0.1) is 46.3 Å². The molecule has 10 heteroatoms. The maximum Gasteiger partial charge on any atom is 0.305 e. The van der Waals surface area contributed by atoms with Crippen molar-refractivity contribution in [3.63, 3.8) is 0 Å². The van der Waals surface area contributed by atoms with Gasteiger partial charge < -0.3 is 14.2 Å².